The van der Waals surface area contributed by atoms with Crippen molar-refractivity contribution in [1.29, 1.82) is 5.26 Å². The molecule has 9 nitrogen and oxygen atoms in total. The number of allylic oxidation sites excluding steroid dienone is 1. The number of H-pyrrole nitrogens is 1. The van der Waals surface area contributed by atoms with E-state index in [9.17, 15) is 10.1 Å². The Morgan fingerprint density at radius 1 is 1.24 bits per heavy atom. The summed E-state index contributed by atoms with van der Waals surface area (Å²) in [4.78, 5) is 12.3. The molecular formula is C24H23N5O4. The van der Waals surface area contributed by atoms with Gasteiger partial charge in [-0.25, -0.2) is 0 Å². The molecule has 1 aliphatic rings. The highest BCUT2D eigenvalue weighted by Crippen LogP contribution is 2.44. The minimum absolute atomic E-state index is 0.00794. The molecule has 0 saturated carbocycles. The molecule has 0 bridgehead atoms. The van der Waals surface area contributed by atoms with Crippen LogP contribution in [-0.2, 0) is 4.79 Å². The molecule has 0 unspecified atom stereocenters. The lowest BCUT2D eigenvalue weighted by Gasteiger charge is -2.24. The first-order valence-electron chi connectivity index (χ1n) is 10.2. The Morgan fingerprint density at radius 3 is 2.70 bits per heavy atom. The number of hydrogen-bond acceptors (Lipinski definition) is 7. The molecule has 168 valence electrons. The molecule has 0 spiro atoms. The molecule has 0 saturated heterocycles. The highest BCUT2D eigenvalue weighted by Gasteiger charge is 2.34. The zero-order chi connectivity index (χ0) is 23.5. The van der Waals surface area contributed by atoms with Crippen LogP contribution < -0.4 is 25.3 Å². The maximum Gasteiger partial charge on any atom is 0.262 e. The van der Waals surface area contributed by atoms with Crippen LogP contribution in [0.15, 0.2) is 53.9 Å². The molecule has 0 fully saturated rings. The van der Waals surface area contributed by atoms with Crippen LogP contribution in [0.1, 0.15) is 28.3 Å². The number of methoxy groups -OCH3 is 1. The van der Waals surface area contributed by atoms with Gasteiger partial charge in [-0.1, -0.05) is 23.8 Å². The normalized spacial score (nSPS) is 14.7. The van der Waals surface area contributed by atoms with E-state index in [2.05, 4.69) is 21.6 Å². The van der Waals surface area contributed by atoms with Gasteiger partial charge >= 0.3 is 0 Å². The molecular weight excluding hydrogens is 422 g/mol. The summed E-state index contributed by atoms with van der Waals surface area (Å²) in [6.45, 7) is 3.63. The highest BCUT2D eigenvalue weighted by atomic mass is 16.5. The standard InChI is InChI=1S/C24H23N5O4/c1-13-4-7-16(8-5-13)27-20(30)12-32-18-9-6-15(10-19(18)31-3)22-17(11-25)23(26)33-24-21(22)14(2)28-29-24/h4-10,22H,12,26H2,1-3H3,(H,27,30)(H,28,29)/t22-/m0/s1. The molecule has 2 aromatic carbocycles. The number of benzene rings is 2. The van der Waals surface area contributed by atoms with Crippen LogP contribution in [0.2, 0.25) is 0 Å². The fourth-order valence-corrected chi connectivity index (χ4v) is 3.69. The number of anilines is 1. The third-order valence-electron chi connectivity index (χ3n) is 5.34. The average Bonchev–Trinajstić information content (AvgIpc) is 3.18. The molecule has 1 aliphatic heterocycles. The number of nitriles is 1. The largest absolute Gasteiger partial charge is 0.493 e. The van der Waals surface area contributed by atoms with Crippen LogP contribution in [0.4, 0.5) is 5.69 Å². The van der Waals surface area contributed by atoms with E-state index < -0.39 is 5.92 Å². The number of ether oxygens (including phenoxy) is 3. The number of fused-ring (bicyclic) bond motifs is 1. The number of rotatable bonds is 6. The lowest BCUT2D eigenvalue weighted by molar-refractivity contribution is -0.118. The van der Waals surface area contributed by atoms with Crippen molar-refractivity contribution in [3.05, 3.63) is 76.3 Å². The van der Waals surface area contributed by atoms with Crippen molar-refractivity contribution in [2.24, 2.45) is 5.73 Å². The molecule has 33 heavy (non-hydrogen) atoms. The summed E-state index contributed by atoms with van der Waals surface area (Å²) >= 11 is 0. The van der Waals surface area contributed by atoms with E-state index in [1.165, 1.54) is 7.11 Å². The number of aromatic amines is 1. The van der Waals surface area contributed by atoms with Gasteiger partial charge in [-0.05, 0) is 43.7 Å². The Labute approximate surface area is 190 Å². The fourth-order valence-electron chi connectivity index (χ4n) is 3.69. The number of hydrogen-bond donors (Lipinski definition) is 3. The molecule has 1 aromatic heterocycles. The quantitative estimate of drug-likeness (QED) is 0.530. The zero-order valence-electron chi connectivity index (χ0n) is 18.4. The molecule has 1 amide bonds. The van der Waals surface area contributed by atoms with Crippen LogP contribution in [0.3, 0.4) is 0 Å². The number of amides is 1. The van der Waals surface area contributed by atoms with Gasteiger partial charge in [0.2, 0.25) is 11.8 Å². The van der Waals surface area contributed by atoms with E-state index >= 15 is 0 Å². The van der Waals surface area contributed by atoms with Crippen LogP contribution in [-0.4, -0.2) is 29.8 Å². The van der Waals surface area contributed by atoms with Crippen molar-refractivity contribution >= 4 is 11.6 Å². The van der Waals surface area contributed by atoms with Gasteiger partial charge in [-0.15, -0.1) is 5.10 Å². The van der Waals surface area contributed by atoms with Crippen LogP contribution in [0, 0.1) is 25.2 Å². The second kappa shape index (κ2) is 8.96. The van der Waals surface area contributed by atoms with Gasteiger partial charge in [0.25, 0.3) is 5.91 Å². The lowest BCUT2D eigenvalue weighted by atomic mass is 9.84. The van der Waals surface area contributed by atoms with Gasteiger partial charge in [0.1, 0.15) is 11.6 Å². The first-order valence-corrected chi connectivity index (χ1v) is 10.2. The summed E-state index contributed by atoms with van der Waals surface area (Å²) in [6.07, 6.45) is 0. The predicted molar refractivity (Wildman–Crippen MR) is 121 cm³/mol. The van der Waals surface area contributed by atoms with Crippen molar-refractivity contribution in [1.82, 2.24) is 10.2 Å². The minimum Gasteiger partial charge on any atom is -0.493 e. The van der Waals surface area contributed by atoms with Gasteiger partial charge < -0.3 is 25.3 Å². The smallest absolute Gasteiger partial charge is 0.262 e. The summed E-state index contributed by atoms with van der Waals surface area (Å²) < 4.78 is 16.7. The summed E-state index contributed by atoms with van der Waals surface area (Å²) in [6, 6.07) is 14.9. The Kier molecular flexibility index (Phi) is 5.91. The van der Waals surface area contributed by atoms with Crippen molar-refractivity contribution in [2.75, 3.05) is 19.0 Å². The van der Waals surface area contributed by atoms with Crippen molar-refractivity contribution < 1.29 is 19.0 Å². The Hall–Kier alpha value is -4.45. The van der Waals surface area contributed by atoms with Gasteiger partial charge in [-0.3, -0.25) is 9.89 Å². The Morgan fingerprint density at radius 2 is 2.00 bits per heavy atom. The van der Waals surface area contributed by atoms with E-state index in [1.54, 1.807) is 18.2 Å². The Balaban J connectivity index is 1.56. The minimum atomic E-state index is -0.481. The summed E-state index contributed by atoms with van der Waals surface area (Å²) in [7, 11) is 1.51. The topological polar surface area (TPSA) is 135 Å². The first-order chi connectivity index (χ1) is 15.9. The maximum absolute atomic E-state index is 12.3. The molecule has 0 aliphatic carbocycles. The van der Waals surface area contributed by atoms with Crippen molar-refractivity contribution in [2.45, 2.75) is 19.8 Å². The Bertz CT molecular complexity index is 1270. The zero-order valence-corrected chi connectivity index (χ0v) is 18.4. The van der Waals surface area contributed by atoms with E-state index in [-0.39, 0.29) is 24.0 Å². The molecule has 4 N–H and O–H groups in total. The molecule has 9 heteroatoms. The lowest BCUT2D eigenvalue weighted by Crippen LogP contribution is -2.21. The second-order valence-electron chi connectivity index (χ2n) is 7.61. The van der Waals surface area contributed by atoms with E-state index in [1.807, 2.05) is 38.1 Å². The number of carbonyl (C=O) groups excluding carboxylic acids is 1. The number of carbonyl (C=O) groups is 1. The van der Waals surface area contributed by atoms with Gasteiger partial charge in [-0.2, -0.15) is 5.26 Å². The molecule has 4 rings (SSSR count). The van der Waals surface area contributed by atoms with Gasteiger partial charge in [0.15, 0.2) is 18.1 Å². The highest BCUT2D eigenvalue weighted by molar-refractivity contribution is 5.91. The molecule has 1 atom stereocenters. The summed E-state index contributed by atoms with van der Waals surface area (Å²) in [5, 5.41) is 19.5. The van der Waals surface area contributed by atoms with E-state index in [0.29, 0.717) is 23.1 Å². The van der Waals surface area contributed by atoms with Gasteiger partial charge in [0.05, 0.1) is 13.0 Å². The van der Waals surface area contributed by atoms with Crippen LogP contribution >= 0.6 is 0 Å². The SMILES string of the molecule is COc1cc([C@H]2C(C#N)=C(N)Oc3n[nH]c(C)c32)ccc1OCC(=O)Nc1ccc(C)cc1. The third kappa shape index (κ3) is 4.32. The number of aromatic nitrogens is 2. The van der Waals surface area contributed by atoms with E-state index in [4.69, 9.17) is 19.9 Å². The third-order valence-corrected chi connectivity index (χ3v) is 5.34. The van der Waals surface area contributed by atoms with Crippen molar-refractivity contribution in [3.8, 4) is 23.4 Å². The first kappa shape index (κ1) is 21.8. The van der Waals surface area contributed by atoms with Crippen LogP contribution in [0.5, 0.6) is 17.4 Å². The van der Waals surface area contributed by atoms with Gasteiger partial charge in [0, 0.05) is 16.9 Å². The number of aryl methyl sites for hydroxylation is 2. The predicted octanol–water partition coefficient (Wildman–Crippen LogP) is 3.27. The number of nitrogens with zero attached hydrogens (tertiary/aromatic N) is 2. The van der Waals surface area contributed by atoms with Crippen LogP contribution in [0.25, 0.3) is 0 Å². The monoisotopic (exact) mass is 445 g/mol. The molecule has 0 radical (unpaired) electrons. The van der Waals surface area contributed by atoms with Crippen molar-refractivity contribution in [3.63, 3.8) is 0 Å². The summed E-state index contributed by atoms with van der Waals surface area (Å²) in [5.41, 5.74) is 10.3. The maximum atomic E-state index is 12.3. The van der Waals surface area contributed by atoms with E-state index in [0.717, 1.165) is 22.4 Å². The average molecular weight is 445 g/mol. The molecule has 3 aromatic rings. The number of nitrogens with two attached hydrogens (primary N) is 1. The molecule has 2 heterocycles. The summed E-state index contributed by atoms with van der Waals surface area (Å²) in [5.74, 6) is 0.378. The fraction of sp³-hybridized carbons (Fsp3) is 0.208. The second-order valence-corrected chi connectivity index (χ2v) is 7.61. The number of nitrogens with one attached hydrogen (secondary N) is 2.